The predicted molar refractivity (Wildman–Crippen MR) is 78.1 cm³/mol. The summed E-state index contributed by atoms with van der Waals surface area (Å²) in [5.41, 5.74) is 0.199. The average Bonchev–Trinajstić information content (AvgIpc) is 2.50. The van der Waals surface area contributed by atoms with Gasteiger partial charge in [0.25, 0.3) is 5.91 Å². The van der Waals surface area contributed by atoms with Gasteiger partial charge in [-0.3, -0.25) is 4.79 Å². The van der Waals surface area contributed by atoms with Crippen molar-refractivity contribution < 1.29 is 23.4 Å². The van der Waals surface area contributed by atoms with E-state index in [1.807, 2.05) is 0 Å². The number of ether oxygens (including phenoxy) is 1. The number of carbonyl (C=O) groups is 1. The normalized spacial score (nSPS) is 10.4. The quantitative estimate of drug-likeness (QED) is 0.893. The second-order valence-corrected chi connectivity index (χ2v) is 4.63. The Bertz CT molecular complexity index is 672. The molecule has 116 valence electrons. The third-order valence-electron chi connectivity index (χ3n) is 2.97. The lowest BCUT2D eigenvalue weighted by molar-refractivity contribution is 0.102. The zero-order valence-corrected chi connectivity index (χ0v) is 11.9. The average molecular weight is 307 g/mol. The number of aliphatic hydroxyl groups excluding tert-OH is 1. The lowest BCUT2D eigenvalue weighted by atomic mass is 10.1. The number of rotatable bonds is 5. The molecule has 2 aromatic rings. The van der Waals surface area contributed by atoms with E-state index >= 15 is 0 Å². The standard InChI is InChI=1S/C16H15F2NO3/c1-10-8-15(18)13(9-14(10)17)16(21)19-11-2-4-12(5-3-11)22-7-6-20/h2-5,8-9,20H,6-7H2,1H3,(H,19,21). The lowest BCUT2D eigenvalue weighted by Crippen LogP contribution is -2.14. The molecule has 2 aromatic carbocycles. The molecule has 0 aliphatic carbocycles. The van der Waals surface area contributed by atoms with Crippen LogP contribution in [-0.2, 0) is 0 Å². The van der Waals surface area contributed by atoms with Crippen molar-refractivity contribution in [1.82, 2.24) is 0 Å². The maximum Gasteiger partial charge on any atom is 0.258 e. The van der Waals surface area contributed by atoms with E-state index in [2.05, 4.69) is 5.32 Å². The van der Waals surface area contributed by atoms with E-state index in [4.69, 9.17) is 9.84 Å². The van der Waals surface area contributed by atoms with Crippen LogP contribution in [0.15, 0.2) is 36.4 Å². The van der Waals surface area contributed by atoms with E-state index in [0.717, 1.165) is 12.1 Å². The fraction of sp³-hybridized carbons (Fsp3) is 0.188. The zero-order chi connectivity index (χ0) is 16.1. The number of hydrogen-bond donors (Lipinski definition) is 2. The molecular formula is C16H15F2NO3. The highest BCUT2D eigenvalue weighted by molar-refractivity contribution is 6.04. The topological polar surface area (TPSA) is 58.6 Å². The van der Waals surface area contributed by atoms with Crippen LogP contribution in [0.4, 0.5) is 14.5 Å². The van der Waals surface area contributed by atoms with E-state index in [0.29, 0.717) is 11.4 Å². The summed E-state index contributed by atoms with van der Waals surface area (Å²) in [4.78, 5) is 12.0. The highest BCUT2D eigenvalue weighted by Gasteiger charge is 2.15. The first-order chi connectivity index (χ1) is 10.5. The number of amides is 1. The largest absolute Gasteiger partial charge is 0.491 e. The van der Waals surface area contributed by atoms with Gasteiger partial charge in [0.2, 0.25) is 0 Å². The highest BCUT2D eigenvalue weighted by atomic mass is 19.1. The molecule has 2 N–H and O–H groups in total. The number of anilines is 1. The summed E-state index contributed by atoms with van der Waals surface area (Å²) in [6.07, 6.45) is 0. The molecule has 0 aliphatic rings. The van der Waals surface area contributed by atoms with Gasteiger partial charge in [-0.1, -0.05) is 0 Å². The van der Waals surface area contributed by atoms with Crippen LogP contribution in [0.2, 0.25) is 0 Å². The number of benzene rings is 2. The monoisotopic (exact) mass is 307 g/mol. The van der Waals surface area contributed by atoms with Gasteiger partial charge in [0.15, 0.2) is 0 Å². The van der Waals surface area contributed by atoms with Crippen molar-refractivity contribution in [3.63, 3.8) is 0 Å². The molecule has 0 spiro atoms. The molecule has 22 heavy (non-hydrogen) atoms. The molecule has 0 atom stereocenters. The summed E-state index contributed by atoms with van der Waals surface area (Å²) in [7, 11) is 0. The van der Waals surface area contributed by atoms with Crippen molar-refractivity contribution >= 4 is 11.6 Å². The Balaban J connectivity index is 2.10. The van der Waals surface area contributed by atoms with E-state index in [9.17, 15) is 13.6 Å². The summed E-state index contributed by atoms with van der Waals surface area (Å²) in [5, 5.41) is 11.1. The van der Waals surface area contributed by atoms with Crippen molar-refractivity contribution in [2.45, 2.75) is 6.92 Å². The van der Waals surface area contributed by atoms with Crippen LogP contribution in [0.5, 0.6) is 5.75 Å². The number of halogens is 2. The van der Waals surface area contributed by atoms with Gasteiger partial charge in [0, 0.05) is 5.69 Å². The molecule has 0 aliphatic heterocycles. The molecule has 0 saturated carbocycles. The SMILES string of the molecule is Cc1cc(F)c(C(=O)Nc2ccc(OCCO)cc2)cc1F. The van der Waals surface area contributed by atoms with Crippen LogP contribution in [-0.4, -0.2) is 24.2 Å². The van der Waals surface area contributed by atoms with Gasteiger partial charge in [-0.05, 0) is 48.9 Å². The van der Waals surface area contributed by atoms with E-state index < -0.39 is 17.5 Å². The Labute approximate surface area is 126 Å². The summed E-state index contributed by atoms with van der Waals surface area (Å²) >= 11 is 0. The smallest absolute Gasteiger partial charge is 0.258 e. The van der Waals surface area contributed by atoms with Crippen LogP contribution in [0.25, 0.3) is 0 Å². The molecule has 4 nitrogen and oxygen atoms in total. The Morgan fingerprint density at radius 2 is 1.86 bits per heavy atom. The maximum atomic E-state index is 13.7. The van der Waals surface area contributed by atoms with Crippen LogP contribution < -0.4 is 10.1 Å². The summed E-state index contributed by atoms with van der Waals surface area (Å²) in [6, 6.07) is 8.17. The first-order valence-corrected chi connectivity index (χ1v) is 6.62. The van der Waals surface area contributed by atoms with Crippen molar-refractivity contribution in [3.05, 3.63) is 59.2 Å². The number of nitrogens with one attached hydrogen (secondary N) is 1. The second-order valence-electron chi connectivity index (χ2n) is 4.63. The minimum Gasteiger partial charge on any atom is -0.491 e. The van der Waals surface area contributed by atoms with Gasteiger partial charge >= 0.3 is 0 Å². The molecule has 0 unspecified atom stereocenters. The number of carbonyl (C=O) groups excluding carboxylic acids is 1. The minimum atomic E-state index is -0.778. The van der Waals surface area contributed by atoms with Gasteiger partial charge in [-0.15, -0.1) is 0 Å². The summed E-state index contributed by atoms with van der Waals surface area (Å²) in [6.45, 7) is 1.49. The molecule has 0 aromatic heterocycles. The molecule has 0 fully saturated rings. The number of hydrogen-bond acceptors (Lipinski definition) is 3. The van der Waals surface area contributed by atoms with Crippen molar-refractivity contribution in [2.75, 3.05) is 18.5 Å². The fourth-order valence-electron chi connectivity index (χ4n) is 1.82. The molecule has 0 saturated heterocycles. The molecular weight excluding hydrogens is 292 g/mol. The second kappa shape index (κ2) is 7.00. The van der Waals surface area contributed by atoms with Crippen LogP contribution in [0.1, 0.15) is 15.9 Å². The number of aliphatic hydroxyl groups is 1. The van der Waals surface area contributed by atoms with Crippen LogP contribution in [0.3, 0.4) is 0 Å². The van der Waals surface area contributed by atoms with Crippen molar-refractivity contribution in [1.29, 1.82) is 0 Å². The van der Waals surface area contributed by atoms with Gasteiger partial charge in [0.1, 0.15) is 24.0 Å². The Morgan fingerprint density at radius 3 is 2.50 bits per heavy atom. The van der Waals surface area contributed by atoms with Crippen LogP contribution in [0, 0.1) is 18.6 Å². The first-order valence-electron chi connectivity index (χ1n) is 6.62. The molecule has 6 heteroatoms. The minimum absolute atomic E-state index is 0.100. The fourth-order valence-corrected chi connectivity index (χ4v) is 1.82. The molecule has 0 radical (unpaired) electrons. The Kier molecular flexibility index (Phi) is 5.06. The van der Waals surface area contributed by atoms with E-state index in [1.54, 1.807) is 24.3 Å². The third-order valence-corrected chi connectivity index (χ3v) is 2.97. The van der Waals surface area contributed by atoms with Crippen molar-refractivity contribution in [3.8, 4) is 5.75 Å². The summed E-state index contributed by atoms with van der Waals surface area (Å²) < 4.78 is 32.3. The Hall–Kier alpha value is -2.47. The lowest BCUT2D eigenvalue weighted by Gasteiger charge is -2.09. The van der Waals surface area contributed by atoms with Crippen LogP contribution >= 0.6 is 0 Å². The molecule has 1 amide bonds. The number of aryl methyl sites for hydroxylation is 1. The van der Waals surface area contributed by atoms with Crippen molar-refractivity contribution in [2.24, 2.45) is 0 Å². The molecule has 0 heterocycles. The molecule has 0 bridgehead atoms. The van der Waals surface area contributed by atoms with E-state index in [-0.39, 0.29) is 24.3 Å². The predicted octanol–water partition coefficient (Wildman–Crippen LogP) is 2.90. The third kappa shape index (κ3) is 3.79. The maximum absolute atomic E-state index is 13.7. The first kappa shape index (κ1) is 15.9. The van der Waals surface area contributed by atoms with Gasteiger partial charge in [-0.25, -0.2) is 8.78 Å². The molecule has 2 rings (SSSR count). The highest BCUT2D eigenvalue weighted by Crippen LogP contribution is 2.19. The van der Waals surface area contributed by atoms with Gasteiger partial charge in [0.05, 0.1) is 12.2 Å². The Morgan fingerprint density at radius 1 is 1.18 bits per heavy atom. The van der Waals surface area contributed by atoms with Gasteiger partial charge in [-0.2, -0.15) is 0 Å². The van der Waals surface area contributed by atoms with E-state index in [1.165, 1.54) is 6.92 Å². The zero-order valence-electron chi connectivity index (χ0n) is 11.9. The summed E-state index contributed by atoms with van der Waals surface area (Å²) in [5.74, 6) is -1.63. The van der Waals surface area contributed by atoms with Gasteiger partial charge < -0.3 is 15.2 Å².